The van der Waals surface area contributed by atoms with Crippen molar-refractivity contribution in [2.75, 3.05) is 26.3 Å². The van der Waals surface area contributed by atoms with Gasteiger partial charge < -0.3 is 14.7 Å². The third-order valence-corrected chi connectivity index (χ3v) is 2.88. The van der Waals surface area contributed by atoms with E-state index in [4.69, 9.17) is 4.74 Å². The molecule has 1 aliphatic carbocycles. The fourth-order valence-corrected chi connectivity index (χ4v) is 1.79. The molecule has 0 radical (unpaired) electrons. The largest absolute Gasteiger partial charge is 0.380 e. The zero-order valence-electron chi connectivity index (χ0n) is 7.66. The van der Waals surface area contributed by atoms with Crippen molar-refractivity contribution in [3.05, 3.63) is 0 Å². The fraction of sp³-hybridized carbons (Fsp3) is 0.889. The zero-order chi connectivity index (χ0) is 9.31. The van der Waals surface area contributed by atoms with E-state index in [-0.39, 0.29) is 5.91 Å². The van der Waals surface area contributed by atoms with Crippen molar-refractivity contribution >= 4 is 5.91 Å². The Kier molecular flexibility index (Phi) is 2.26. The second-order valence-electron chi connectivity index (χ2n) is 3.79. The molecule has 0 aromatic rings. The van der Waals surface area contributed by atoms with Crippen LogP contribution in [0, 0.1) is 0 Å². The van der Waals surface area contributed by atoms with Crippen LogP contribution in [0.3, 0.4) is 0 Å². The van der Waals surface area contributed by atoms with Crippen molar-refractivity contribution in [1.29, 1.82) is 0 Å². The average Bonchev–Trinajstić information content (AvgIpc) is 2.14. The molecule has 1 heterocycles. The Bertz CT molecular complexity index is 207. The Morgan fingerprint density at radius 3 is 2.38 bits per heavy atom. The SMILES string of the molecule is O=C(N1CCOCC1)C1(O)CCC1. The highest BCUT2D eigenvalue weighted by molar-refractivity contribution is 5.86. The first-order valence-electron chi connectivity index (χ1n) is 4.82. The van der Waals surface area contributed by atoms with E-state index in [0.717, 1.165) is 6.42 Å². The lowest BCUT2D eigenvalue weighted by atomic mass is 9.79. The number of ether oxygens (including phenoxy) is 1. The quantitative estimate of drug-likeness (QED) is 0.613. The third-order valence-electron chi connectivity index (χ3n) is 2.88. The predicted molar refractivity (Wildman–Crippen MR) is 46.2 cm³/mol. The minimum absolute atomic E-state index is 0.0953. The molecule has 0 bridgehead atoms. The van der Waals surface area contributed by atoms with Crippen LogP contribution in [0.2, 0.25) is 0 Å². The van der Waals surface area contributed by atoms with E-state index in [0.29, 0.717) is 39.1 Å². The van der Waals surface area contributed by atoms with Crippen LogP contribution < -0.4 is 0 Å². The average molecular weight is 185 g/mol. The Hall–Kier alpha value is -0.610. The highest BCUT2D eigenvalue weighted by atomic mass is 16.5. The maximum Gasteiger partial charge on any atom is 0.254 e. The van der Waals surface area contributed by atoms with Crippen LogP contribution in [0.25, 0.3) is 0 Å². The molecule has 1 N–H and O–H groups in total. The van der Waals surface area contributed by atoms with Gasteiger partial charge in [-0.25, -0.2) is 0 Å². The third kappa shape index (κ3) is 1.56. The van der Waals surface area contributed by atoms with Crippen molar-refractivity contribution < 1.29 is 14.6 Å². The topological polar surface area (TPSA) is 49.8 Å². The molecule has 4 heteroatoms. The van der Waals surface area contributed by atoms with Gasteiger partial charge in [0.25, 0.3) is 5.91 Å². The number of rotatable bonds is 1. The Morgan fingerprint density at radius 2 is 1.92 bits per heavy atom. The molecule has 2 aliphatic rings. The van der Waals surface area contributed by atoms with Gasteiger partial charge in [-0.3, -0.25) is 4.79 Å². The number of hydrogen-bond acceptors (Lipinski definition) is 3. The van der Waals surface area contributed by atoms with Gasteiger partial charge in [0.15, 0.2) is 0 Å². The second-order valence-corrected chi connectivity index (χ2v) is 3.79. The summed E-state index contributed by atoms with van der Waals surface area (Å²) < 4.78 is 5.14. The fourth-order valence-electron chi connectivity index (χ4n) is 1.79. The summed E-state index contributed by atoms with van der Waals surface area (Å²) in [6.45, 7) is 2.45. The lowest BCUT2D eigenvalue weighted by Crippen LogP contribution is -2.55. The highest BCUT2D eigenvalue weighted by Crippen LogP contribution is 2.33. The van der Waals surface area contributed by atoms with Gasteiger partial charge in [-0.15, -0.1) is 0 Å². The number of aliphatic hydroxyl groups is 1. The van der Waals surface area contributed by atoms with Crippen LogP contribution in [0.4, 0.5) is 0 Å². The molecule has 0 unspecified atom stereocenters. The number of hydrogen-bond donors (Lipinski definition) is 1. The second kappa shape index (κ2) is 3.27. The zero-order valence-corrected chi connectivity index (χ0v) is 7.66. The molecule has 4 nitrogen and oxygen atoms in total. The van der Waals surface area contributed by atoms with Gasteiger partial charge in [0.05, 0.1) is 13.2 Å². The molecule has 1 saturated heterocycles. The maximum absolute atomic E-state index is 11.7. The summed E-state index contributed by atoms with van der Waals surface area (Å²) in [7, 11) is 0. The molecule has 2 rings (SSSR count). The highest BCUT2D eigenvalue weighted by Gasteiger charge is 2.44. The summed E-state index contributed by atoms with van der Waals surface area (Å²) in [6.07, 6.45) is 2.22. The molecular weight excluding hydrogens is 170 g/mol. The van der Waals surface area contributed by atoms with Crippen molar-refractivity contribution in [3.63, 3.8) is 0 Å². The van der Waals surface area contributed by atoms with E-state index in [1.165, 1.54) is 0 Å². The lowest BCUT2D eigenvalue weighted by Gasteiger charge is -2.40. The summed E-state index contributed by atoms with van der Waals surface area (Å²) in [5, 5.41) is 9.80. The van der Waals surface area contributed by atoms with Crippen molar-refractivity contribution in [2.45, 2.75) is 24.9 Å². The molecule has 0 atom stereocenters. The van der Waals surface area contributed by atoms with Gasteiger partial charge >= 0.3 is 0 Å². The van der Waals surface area contributed by atoms with E-state index < -0.39 is 5.60 Å². The van der Waals surface area contributed by atoms with Crippen LogP contribution in [0.5, 0.6) is 0 Å². The predicted octanol–water partition coefficient (Wildman–Crippen LogP) is -0.240. The first-order chi connectivity index (χ1) is 6.22. The number of nitrogens with zero attached hydrogens (tertiary/aromatic N) is 1. The summed E-state index contributed by atoms with van der Waals surface area (Å²) in [5.41, 5.74) is -1.03. The van der Waals surface area contributed by atoms with Gasteiger partial charge in [0.2, 0.25) is 0 Å². The van der Waals surface area contributed by atoms with E-state index >= 15 is 0 Å². The Balaban J connectivity index is 1.95. The first kappa shape index (κ1) is 8.97. The van der Waals surface area contributed by atoms with E-state index in [9.17, 15) is 9.90 Å². The minimum Gasteiger partial charge on any atom is -0.380 e. The van der Waals surface area contributed by atoms with Gasteiger partial charge in [0, 0.05) is 13.1 Å². The van der Waals surface area contributed by atoms with Crippen molar-refractivity contribution in [3.8, 4) is 0 Å². The van der Waals surface area contributed by atoms with Gasteiger partial charge in [0.1, 0.15) is 5.60 Å². The van der Waals surface area contributed by atoms with Gasteiger partial charge in [-0.1, -0.05) is 0 Å². The number of carbonyl (C=O) groups is 1. The molecule has 0 aromatic carbocycles. The molecule has 74 valence electrons. The number of carbonyl (C=O) groups excluding carboxylic acids is 1. The standard InChI is InChI=1S/C9H15NO3/c11-8(9(12)2-1-3-9)10-4-6-13-7-5-10/h12H,1-7H2. The Morgan fingerprint density at radius 1 is 1.31 bits per heavy atom. The Labute approximate surface area is 77.5 Å². The van der Waals surface area contributed by atoms with Crippen molar-refractivity contribution in [2.24, 2.45) is 0 Å². The molecular formula is C9H15NO3. The van der Waals surface area contributed by atoms with E-state index in [1.807, 2.05) is 0 Å². The smallest absolute Gasteiger partial charge is 0.254 e. The maximum atomic E-state index is 11.7. The lowest BCUT2D eigenvalue weighted by molar-refractivity contribution is -0.164. The van der Waals surface area contributed by atoms with Crippen LogP contribution in [0.1, 0.15) is 19.3 Å². The molecule has 13 heavy (non-hydrogen) atoms. The summed E-state index contributed by atoms with van der Waals surface area (Å²) in [6, 6.07) is 0. The van der Waals surface area contributed by atoms with Crippen LogP contribution in [-0.2, 0) is 9.53 Å². The molecule has 1 saturated carbocycles. The first-order valence-corrected chi connectivity index (χ1v) is 4.82. The minimum atomic E-state index is -1.03. The molecule has 1 aliphatic heterocycles. The van der Waals surface area contributed by atoms with Gasteiger partial charge in [-0.05, 0) is 19.3 Å². The van der Waals surface area contributed by atoms with Crippen molar-refractivity contribution in [1.82, 2.24) is 4.90 Å². The molecule has 0 spiro atoms. The van der Waals surface area contributed by atoms with Gasteiger partial charge in [-0.2, -0.15) is 0 Å². The summed E-state index contributed by atoms with van der Waals surface area (Å²) >= 11 is 0. The normalized spacial score (nSPS) is 26.7. The molecule has 2 fully saturated rings. The van der Waals surface area contributed by atoms with E-state index in [2.05, 4.69) is 0 Å². The van der Waals surface area contributed by atoms with Crippen LogP contribution >= 0.6 is 0 Å². The molecule has 0 aromatic heterocycles. The van der Waals surface area contributed by atoms with Crippen LogP contribution in [0.15, 0.2) is 0 Å². The summed E-state index contributed by atoms with van der Waals surface area (Å²) in [4.78, 5) is 13.4. The number of morpholine rings is 1. The summed E-state index contributed by atoms with van der Waals surface area (Å²) in [5.74, 6) is -0.0953. The van der Waals surface area contributed by atoms with E-state index in [1.54, 1.807) is 4.90 Å². The monoisotopic (exact) mass is 185 g/mol. The van der Waals surface area contributed by atoms with Crippen LogP contribution in [-0.4, -0.2) is 47.8 Å². The molecule has 1 amide bonds. The number of amides is 1.